The van der Waals surface area contributed by atoms with Gasteiger partial charge in [0.05, 0.1) is 23.8 Å². The van der Waals surface area contributed by atoms with Crippen LogP contribution < -0.4 is 5.73 Å². The summed E-state index contributed by atoms with van der Waals surface area (Å²) >= 11 is 0. The predicted octanol–water partition coefficient (Wildman–Crippen LogP) is 4.25. The van der Waals surface area contributed by atoms with E-state index in [-0.39, 0.29) is 5.75 Å². The molecule has 1 saturated carbocycles. The first-order valence-electron chi connectivity index (χ1n) is 10.3. The van der Waals surface area contributed by atoms with E-state index in [0.717, 1.165) is 57.3 Å². The molecule has 4 aromatic rings. The molecule has 1 fully saturated rings. The molecule has 7 nitrogen and oxygen atoms in total. The molecule has 154 valence electrons. The van der Waals surface area contributed by atoms with E-state index in [2.05, 4.69) is 16.0 Å². The molecule has 0 amide bonds. The van der Waals surface area contributed by atoms with Crippen molar-refractivity contribution in [2.75, 3.05) is 5.73 Å². The fourth-order valence-electron chi connectivity index (χ4n) is 4.18. The highest BCUT2D eigenvalue weighted by atomic mass is 16.5. The van der Waals surface area contributed by atoms with E-state index in [4.69, 9.17) is 15.5 Å². The summed E-state index contributed by atoms with van der Waals surface area (Å²) in [6.45, 7) is 6.44. The predicted molar refractivity (Wildman–Crippen MR) is 117 cm³/mol. The molecule has 3 N–H and O–H groups in total. The molecule has 0 radical (unpaired) electrons. The standard InChI is InChI=1S/C23H25N5O2/c1-12-7-8-18(29)13(2)20(12)28-22-17(19-21(24)25-11-26-23(19)28)9-15(14(3)27-22)10-30-16-5-4-6-16/h7-9,11,16,29H,4-6,10H2,1-3H3,(H2,24,25,26). The molecule has 0 bridgehead atoms. The van der Waals surface area contributed by atoms with Crippen molar-refractivity contribution in [2.24, 2.45) is 0 Å². The van der Waals surface area contributed by atoms with Crippen LogP contribution in [0, 0.1) is 20.8 Å². The summed E-state index contributed by atoms with van der Waals surface area (Å²) in [5.41, 5.74) is 12.3. The van der Waals surface area contributed by atoms with Gasteiger partial charge in [-0.15, -0.1) is 0 Å². The number of phenols is 1. The fourth-order valence-corrected chi connectivity index (χ4v) is 4.18. The zero-order valence-corrected chi connectivity index (χ0v) is 17.4. The molecule has 0 unspecified atom stereocenters. The molecule has 5 rings (SSSR count). The van der Waals surface area contributed by atoms with Crippen molar-refractivity contribution in [1.29, 1.82) is 0 Å². The number of nitrogens with zero attached hydrogens (tertiary/aromatic N) is 4. The molecule has 0 atom stereocenters. The van der Waals surface area contributed by atoms with Gasteiger partial charge in [0.15, 0.2) is 5.65 Å². The van der Waals surface area contributed by atoms with Gasteiger partial charge >= 0.3 is 0 Å². The zero-order chi connectivity index (χ0) is 21.0. The lowest BCUT2D eigenvalue weighted by Gasteiger charge is -2.25. The minimum atomic E-state index is 0.231. The van der Waals surface area contributed by atoms with Crippen molar-refractivity contribution in [3.05, 3.63) is 46.9 Å². The summed E-state index contributed by atoms with van der Waals surface area (Å²) in [5.74, 6) is 0.644. The Hall–Kier alpha value is -3.19. The van der Waals surface area contributed by atoms with E-state index in [9.17, 15) is 5.11 Å². The van der Waals surface area contributed by atoms with Crippen LogP contribution in [-0.2, 0) is 11.3 Å². The van der Waals surface area contributed by atoms with E-state index >= 15 is 0 Å². The van der Waals surface area contributed by atoms with Gasteiger partial charge in [0, 0.05) is 16.6 Å². The SMILES string of the molecule is Cc1ccc(O)c(C)c1-n1c2nc(C)c(COC3CCC3)cc2c2c(N)ncnc21. The fraction of sp³-hybridized carbons (Fsp3) is 0.348. The van der Waals surface area contributed by atoms with Crippen LogP contribution in [-0.4, -0.2) is 30.7 Å². The highest BCUT2D eigenvalue weighted by molar-refractivity contribution is 6.11. The molecule has 1 aliphatic rings. The van der Waals surface area contributed by atoms with Crippen LogP contribution in [0.1, 0.15) is 41.6 Å². The third kappa shape index (κ3) is 2.81. The first-order chi connectivity index (χ1) is 14.5. The van der Waals surface area contributed by atoms with Crippen LogP contribution in [0.4, 0.5) is 5.82 Å². The Labute approximate surface area is 174 Å². The number of hydrogen-bond acceptors (Lipinski definition) is 6. The molecule has 0 aliphatic heterocycles. The van der Waals surface area contributed by atoms with Gasteiger partial charge in [-0.05, 0) is 63.3 Å². The number of hydrogen-bond donors (Lipinski definition) is 2. The summed E-state index contributed by atoms with van der Waals surface area (Å²) in [6, 6.07) is 5.70. The number of aryl methyl sites for hydroxylation is 2. The van der Waals surface area contributed by atoms with Gasteiger partial charge in [-0.1, -0.05) is 6.07 Å². The molecule has 3 heterocycles. The number of anilines is 1. The number of nitrogen functional groups attached to an aromatic ring is 1. The van der Waals surface area contributed by atoms with Gasteiger partial charge in [-0.2, -0.15) is 0 Å². The number of aromatic hydroxyl groups is 1. The highest BCUT2D eigenvalue weighted by Gasteiger charge is 2.23. The molecular formula is C23H25N5O2. The number of rotatable bonds is 4. The molecule has 3 aromatic heterocycles. The lowest BCUT2D eigenvalue weighted by Crippen LogP contribution is -2.21. The van der Waals surface area contributed by atoms with Crippen LogP contribution in [0.3, 0.4) is 0 Å². The molecule has 1 aromatic carbocycles. The molecular weight excluding hydrogens is 378 g/mol. The Morgan fingerprint density at radius 1 is 1.17 bits per heavy atom. The van der Waals surface area contributed by atoms with Gasteiger partial charge in [-0.25, -0.2) is 15.0 Å². The second-order valence-corrected chi connectivity index (χ2v) is 8.14. The summed E-state index contributed by atoms with van der Waals surface area (Å²) < 4.78 is 8.02. The number of ether oxygens (including phenoxy) is 1. The number of fused-ring (bicyclic) bond motifs is 3. The molecule has 30 heavy (non-hydrogen) atoms. The Kier molecular flexibility index (Phi) is 4.36. The molecule has 7 heteroatoms. The van der Waals surface area contributed by atoms with E-state index in [1.807, 2.05) is 31.4 Å². The van der Waals surface area contributed by atoms with Crippen LogP contribution in [0.25, 0.3) is 27.8 Å². The third-order valence-corrected chi connectivity index (χ3v) is 6.20. The average molecular weight is 403 g/mol. The van der Waals surface area contributed by atoms with Crippen LogP contribution >= 0.6 is 0 Å². The van der Waals surface area contributed by atoms with Gasteiger partial charge in [0.25, 0.3) is 0 Å². The van der Waals surface area contributed by atoms with Gasteiger partial charge in [0.2, 0.25) is 0 Å². The highest BCUT2D eigenvalue weighted by Crippen LogP contribution is 2.37. The van der Waals surface area contributed by atoms with Gasteiger partial charge in [0.1, 0.15) is 23.5 Å². The summed E-state index contributed by atoms with van der Waals surface area (Å²) in [5, 5.41) is 12.0. The molecule has 1 aliphatic carbocycles. The lowest BCUT2D eigenvalue weighted by atomic mass is 9.96. The molecule has 0 spiro atoms. The normalized spacial score (nSPS) is 14.5. The van der Waals surface area contributed by atoms with Gasteiger partial charge < -0.3 is 15.6 Å². The zero-order valence-electron chi connectivity index (χ0n) is 17.4. The Bertz CT molecular complexity index is 1290. The number of phenolic OH excluding ortho intramolecular Hbond substituents is 1. The lowest BCUT2D eigenvalue weighted by molar-refractivity contribution is -0.00892. The number of benzene rings is 1. The Morgan fingerprint density at radius 3 is 2.70 bits per heavy atom. The van der Waals surface area contributed by atoms with Crippen LogP contribution in [0.5, 0.6) is 5.75 Å². The van der Waals surface area contributed by atoms with Crippen molar-refractivity contribution in [2.45, 2.75) is 52.7 Å². The number of nitrogens with two attached hydrogens (primary N) is 1. The first kappa shape index (κ1) is 18.8. The summed E-state index contributed by atoms with van der Waals surface area (Å²) in [6.07, 6.45) is 5.32. The van der Waals surface area contributed by atoms with Crippen molar-refractivity contribution in [3.63, 3.8) is 0 Å². The minimum absolute atomic E-state index is 0.231. The maximum absolute atomic E-state index is 10.4. The topological polar surface area (TPSA) is 99.1 Å². The Morgan fingerprint density at radius 2 is 1.97 bits per heavy atom. The summed E-state index contributed by atoms with van der Waals surface area (Å²) in [7, 11) is 0. The number of aromatic nitrogens is 4. The summed E-state index contributed by atoms with van der Waals surface area (Å²) in [4.78, 5) is 13.7. The minimum Gasteiger partial charge on any atom is -0.508 e. The van der Waals surface area contributed by atoms with Gasteiger partial charge in [-0.3, -0.25) is 4.57 Å². The van der Waals surface area contributed by atoms with Crippen LogP contribution in [0.15, 0.2) is 24.5 Å². The molecule has 0 saturated heterocycles. The van der Waals surface area contributed by atoms with Crippen molar-refractivity contribution >= 4 is 27.9 Å². The quantitative estimate of drug-likeness (QED) is 0.528. The second-order valence-electron chi connectivity index (χ2n) is 8.14. The smallest absolute Gasteiger partial charge is 0.152 e. The average Bonchev–Trinajstić information content (AvgIpc) is 2.99. The number of pyridine rings is 1. The first-order valence-corrected chi connectivity index (χ1v) is 10.3. The Balaban J connectivity index is 1.80. The largest absolute Gasteiger partial charge is 0.508 e. The van der Waals surface area contributed by atoms with Crippen molar-refractivity contribution in [3.8, 4) is 11.4 Å². The van der Waals surface area contributed by atoms with E-state index in [1.165, 1.54) is 12.7 Å². The third-order valence-electron chi connectivity index (χ3n) is 6.20. The van der Waals surface area contributed by atoms with Crippen molar-refractivity contribution in [1.82, 2.24) is 19.5 Å². The van der Waals surface area contributed by atoms with E-state index < -0.39 is 0 Å². The maximum atomic E-state index is 10.4. The van der Waals surface area contributed by atoms with E-state index in [1.54, 1.807) is 6.07 Å². The monoisotopic (exact) mass is 403 g/mol. The maximum Gasteiger partial charge on any atom is 0.152 e. The van der Waals surface area contributed by atoms with Crippen LogP contribution in [0.2, 0.25) is 0 Å². The second kappa shape index (κ2) is 6.95. The van der Waals surface area contributed by atoms with Crippen molar-refractivity contribution < 1.29 is 9.84 Å². The van der Waals surface area contributed by atoms with E-state index in [0.29, 0.717) is 24.2 Å².